The van der Waals surface area contributed by atoms with Crippen LogP contribution in [0.15, 0.2) is 30.3 Å². The number of thioether (sulfide) groups is 1. The SMILES string of the molecule is CSC1CC(/C=C/c2ccc(OC(F)(F)C(F)F)cc2)C1. The third kappa shape index (κ3) is 4.40. The largest absolute Gasteiger partial charge is 0.461 e. The number of rotatable bonds is 6. The molecule has 1 aromatic carbocycles. The first-order valence-corrected chi connectivity index (χ1v) is 7.85. The second-order valence-corrected chi connectivity index (χ2v) is 6.12. The third-order valence-electron chi connectivity index (χ3n) is 3.41. The van der Waals surface area contributed by atoms with Crippen molar-refractivity contribution in [1.82, 2.24) is 0 Å². The summed E-state index contributed by atoms with van der Waals surface area (Å²) in [4.78, 5) is 0. The highest BCUT2D eigenvalue weighted by molar-refractivity contribution is 7.99. The summed E-state index contributed by atoms with van der Waals surface area (Å²) in [5.41, 5.74) is 0.829. The molecule has 0 bridgehead atoms. The minimum absolute atomic E-state index is 0.274. The Labute approximate surface area is 125 Å². The van der Waals surface area contributed by atoms with Gasteiger partial charge >= 0.3 is 12.5 Å². The molecule has 0 N–H and O–H groups in total. The van der Waals surface area contributed by atoms with Gasteiger partial charge in [0.2, 0.25) is 0 Å². The number of ether oxygens (including phenoxy) is 1. The first-order chi connectivity index (χ1) is 9.90. The highest BCUT2D eigenvalue weighted by Crippen LogP contribution is 2.36. The molecule has 0 amide bonds. The van der Waals surface area contributed by atoms with E-state index in [0.717, 1.165) is 23.7 Å². The normalized spacial score (nSPS) is 22.6. The molecule has 1 saturated carbocycles. The predicted octanol–water partition coefficient (Wildman–Crippen LogP) is 5.08. The number of benzene rings is 1. The number of alkyl halides is 4. The fraction of sp³-hybridized carbons (Fsp3) is 0.467. The summed E-state index contributed by atoms with van der Waals surface area (Å²) >= 11 is 1.86. The summed E-state index contributed by atoms with van der Waals surface area (Å²) in [7, 11) is 0. The lowest BCUT2D eigenvalue weighted by Crippen LogP contribution is -2.33. The highest BCUT2D eigenvalue weighted by atomic mass is 32.2. The van der Waals surface area contributed by atoms with Gasteiger partial charge in [0, 0.05) is 5.25 Å². The Hall–Kier alpha value is -1.17. The topological polar surface area (TPSA) is 9.23 Å². The summed E-state index contributed by atoms with van der Waals surface area (Å²) < 4.78 is 53.4. The first kappa shape index (κ1) is 16.2. The molecule has 0 aromatic heterocycles. The molecule has 0 heterocycles. The van der Waals surface area contributed by atoms with Gasteiger partial charge in [-0.15, -0.1) is 0 Å². The van der Waals surface area contributed by atoms with E-state index >= 15 is 0 Å². The summed E-state index contributed by atoms with van der Waals surface area (Å²) in [6.45, 7) is 0. The van der Waals surface area contributed by atoms with Crippen LogP contribution in [0, 0.1) is 5.92 Å². The second kappa shape index (κ2) is 6.73. The molecule has 0 saturated heterocycles. The molecular formula is C15H16F4OS. The maximum absolute atomic E-state index is 12.7. The van der Waals surface area contributed by atoms with Crippen LogP contribution < -0.4 is 4.74 Å². The van der Waals surface area contributed by atoms with Crippen LogP contribution in [-0.2, 0) is 0 Å². The molecule has 1 nitrogen and oxygen atoms in total. The molecule has 2 rings (SSSR count). The van der Waals surface area contributed by atoms with Gasteiger partial charge in [-0.3, -0.25) is 0 Å². The molecule has 0 radical (unpaired) electrons. The lowest BCUT2D eigenvalue weighted by atomic mass is 9.84. The van der Waals surface area contributed by atoms with Gasteiger partial charge < -0.3 is 4.74 Å². The minimum Gasteiger partial charge on any atom is -0.428 e. The zero-order chi connectivity index (χ0) is 15.5. The van der Waals surface area contributed by atoms with Gasteiger partial charge in [-0.25, -0.2) is 0 Å². The van der Waals surface area contributed by atoms with E-state index in [-0.39, 0.29) is 5.75 Å². The molecule has 116 valence electrons. The van der Waals surface area contributed by atoms with E-state index in [2.05, 4.69) is 17.1 Å². The van der Waals surface area contributed by atoms with Gasteiger partial charge in [0.25, 0.3) is 0 Å². The number of hydrogen-bond acceptors (Lipinski definition) is 2. The molecule has 1 aliphatic rings. The average Bonchev–Trinajstić information content (AvgIpc) is 2.38. The average molecular weight is 320 g/mol. The molecule has 1 aromatic rings. The Morgan fingerprint density at radius 1 is 1.24 bits per heavy atom. The van der Waals surface area contributed by atoms with E-state index < -0.39 is 12.5 Å². The highest BCUT2D eigenvalue weighted by Gasteiger charge is 2.43. The van der Waals surface area contributed by atoms with Crippen LogP contribution in [0.1, 0.15) is 18.4 Å². The number of allylic oxidation sites excluding steroid dienone is 1. The molecule has 0 aliphatic heterocycles. The molecule has 0 spiro atoms. The van der Waals surface area contributed by atoms with Crippen molar-refractivity contribution < 1.29 is 22.3 Å². The Balaban J connectivity index is 1.89. The lowest BCUT2D eigenvalue weighted by molar-refractivity contribution is -0.253. The van der Waals surface area contributed by atoms with Crippen LogP contribution in [0.5, 0.6) is 5.75 Å². The molecule has 1 aliphatic carbocycles. The number of halogens is 4. The molecule has 0 unspecified atom stereocenters. The zero-order valence-electron chi connectivity index (χ0n) is 11.4. The molecule has 1 fully saturated rings. The standard InChI is InChI=1S/C15H16F4OS/c1-21-13-8-11(9-13)3-2-10-4-6-12(7-5-10)20-15(18,19)14(16)17/h2-7,11,13-14H,8-9H2,1H3/b3-2+. The summed E-state index contributed by atoms with van der Waals surface area (Å²) in [6.07, 6.45) is 0.0974. The van der Waals surface area contributed by atoms with Gasteiger partial charge in [0.15, 0.2) is 0 Å². The van der Waals surface area contributed by atoms with Crippen molar-refractivity contribution in [3.8, 4) is 5.75 Å². The van der Waals surface area contributed by atoms with Crippen molar-refractivity contribution in [3.63, 3.8) is 0 Å². The van der Waals surface area contributed by atoms with E-state index in [9.17, 15) is 17.6 Å². The van der Waals surface area contributed by atoms with Crippen LogP contribution in [0.2, 0.25) is 0 Å². The number of hydrogen-bond donors (Lipinski definition) is 0. The lowest BCUT2D eigenvalue weighted by Gasteiger charge is -2.31. The van der Waals surface area contributed by atoms with Gasteiger partial charge in [-0.2, -0.15) is 29.3 Å². The van der Waals surface area contributed by atoms with Crippen molar-refractivity contribution in [2.75, 3.05) is 6.26 Å². The Kier molecular flexibility index (Phi) is 5.19. The van der Waals surface area contributed by atoms with Gasteiger partial charge in [-0.05, 0) is 42.7 Å². The van der Waals surface area contributed by atoms with Gasteiger partial charge in [-0.1, -0.05) is 24.3 Å². The monoisotopic (exact) mass is 320 g/mol. The van der Waals surface area contributed by atoms with E-state index in [1.807, 2.05) is 17.8 Å². The predicted molar refractivity (Wildman–Crippen MR) is 77.1 cm³/mol. The summed E-state index contributed by atoms with van der Waals surface area (Å²) in [6, 6.07) is 5.67. The third-order valence-corrected chi connectivity index (χ3v) is 4.47. The molecule has 21 heavy (non-hydrogen) atoms. The molecule has 6 heteroatoms. The fourth-order valence-corrected chi connectivity index (χ4v) is 2.93. The Bertz CT molecular complexity index is 481. The zero-order valence-corrected chi connectivity index (χ0v) is 12.3. The fourth-order valence-electron chi connectivity index (χ4n) is 2.05. The van der Waals surface area contributed by atoms with Crippen molar-refractivity contribution in [1.29, 1.82) is 0 Å². The Morgan fingerprint density at radius 2 is 1.86 bits per heavy atom. The molecular weight excluding hydrogens is 304 g/mol. The van der Waals surface area contributed by atoms with E-state index in [4.69, 9.17) is 0 Å². The Morgan fingerprint density at radius 3 is 2.38 bits per heavy atom. The van der Waals surface area contributed by atoms with Crippen LogP contribution in [0.4, 0.5) is 17.6 Å². The van der Waals surface area contributed by atoms with Gasteiger partial charge in [0.05, 0.1) is 0 Å². The van der Waals surface area contributed by atoms with E-state index in [1.165, 1.54) is 12.1 Å². The van der Waals surface area contributed by atoms with Crippen molar-refractivity contribution in [3.05, 3.63) is 35.9 Å². The van der Waals surface area contributed by atoms with E-state index in [1.54, 1.807) is 12.1 Å². The minimum atomic E-state index is -4.46. The maximum Gasteiger partial charge on any atom is 0.461 e. The summed E-state index contributed by atoms with van der Waals surface area (Å²) in [5, 5.41) is 0.729. The van der Waals surface area contributed by atoms with E-state index in [0.29, 0.717) is 5.92 Å². The van der Waals surface area contributed by atoms with Crippen LogP contribution in [0.3, 0.4) is 0 Å². The van der Waals surface area contributed by atoms with Crippen LogP contribution >= 0.6 is 11.8 Å². The van der Waals surface area contributed by atoms with Gasteiger partial charge in [0.1, 0.15) is 5.75 Å². The summed E-state index contributed by atoms with van der Waals surface area (Å²) in [5.74, 6) is 0.282. The van der Waals surface area contributed by atoms with Crippen molar-refractivity contribution in [2.24, 2.45) is 5.92 Å². The van der Waals surface area contributed by atoms with Crippen molar-refractivity contribution in [2.45, 2.75) is 30.6 Å². The second-order valence-electron chi connectivity index (χ2n) is 4.98. The molecule has 0 atom stereocenters. The smallest absolute Gasteiger partial charge is 0.428 e. The quantitative estimate of drug-likeness (QED) is 0.676. The van der Waals surface area contributed by atoms with Crippen LogP contribution in [-0.4, -0.2) is 24.0 Å². The van der Waals surface area contributed by atoms with Crippen molar-refractivity contribution >= 4 is 17.8 Å². The van der Waals surface area contributed by atoms with Crippen LogP contribution in [0.25, 0.3) is 6.08 Å². The first-order valence-electron chi connectivity index (χ1n) is 6.56. The maximum atomic E-state index is 12.7.